The van der Waals surface area contributed by atoms with E-state index in [1.165, 1.54) is 0 Å². The van der Waals surface area contributed by atoms with Crippen molar-refractivity contribution in [2.24, 2.45) is 5.92 Å². The van der Waals surface area contributed by atoms with E-state index in [9.17, 15) is 9.59 Å². The summed E-state index contributed by atoms with van der Waals surface area (Å²) in [5.74, 6) is 0.126. The normalized spacial score (nSPS) is 18.3. The first kappa shape index (κ1) is 14.8. The highest BCUT2D eigenvalue weighted by Crippen LogP contribution is 2.14. The fourth-order valence-electron chi connectivity index (χ4n) is 1.89. The number of nitrogens with one attached hydrogen (secondary N) is 2. The van der Waals surface area contributed by atoms with Crippen molar-refractivity contribution < 1.29 is 9.59 Å². The van der Waals surface area contributed by atoms with E-state index < -0.39 is 6.04 Å². The van der Waals surface area contributed by atoms with Gasteiger partial charge in [-0.2, -0.15) is 0 Å². The smallest absolute Gasteiger partial charge is 0.315 e. The topological polar surface area (TPSA) is 61.4 Å². The van der Waals surface area contributed by atoms with Gasteiger partial charge in [-0.15, -0.1) is 0 Å². The molecular formula is C13H23N3O2. The zero-order valence-electron chi connectivity index (χ0n) is 11.4. The molecule has 1 heterocycles. The van der Waals surface area contributed by atoms with E-state index in [1.54, 1.807) is 4.90 Å². The lowest BCUT2D eigenvalue weighted by Crippen LogP contribution is -2.53. The highest BCUT2D eigenvalue weighted by molar-refractivity contribution is 5.87. The fourth-order valence-corrected chi connectivity index (χ4v) is 1.89. The SMILES string of the molecule is CCNC(=O)N[C@H](C(=O)N1C[CH][CH]C1)C(C)CC. The molecule has 1 saturated heterocycles. The third-order valence-corrected chi connectivity index (χ3v) is 3.23. The molecule has 0 saturated carbocycles. The third kappa shape index (κ3) is 3.89. The summed E-state index contributed by atoms with van der Waals surface area (Å²) in [6.45, 7) is 7.69. The minimum atomic E-state index is -0.443. The molecule has 0 aromatic heterocycles. The Kier molecular flexibility index (Phi) is 5.95. The van der Waals surface area contributed by atoms with Gasteiger partial charge in [0.15, 0.2) is 0 Å². The monoisotopic (exact) mass is 253 g/mol. The molecule has 1 unspecified atom stereocenters. The molecule has 1 aliphatic heterocycles. The molecule has 1 fully saturated rings. The molecule has 2 atom stereocenters. The predicted molar refractivity (Wildman–Crippen MR) is 70.6 cm³/mol. The van der Waals surface area contributed by atoms with Crippen LogP contribution in [0.25, 0.3) is 0 Å². The van der Waals surface area contributed by atoms with Crippen molar-refractivity contribution in [3.8, 4) is 0 Å². The van der Waals surface area contributed by atoms with Gasteiger partial charge in [-0.3, -0.25) is 4.79 Å². The van der Waals surface area contributed by atoms with Crippen molar-refractivity contribution in [2.45, 2.75) is 33.2 Å². The summed E-state index contributed by atoms with van der Waals surface area (Å²) >= 11 is 0. The summed E-state index contributed by atoms with van der Waals surface area (Å²) in [6.07, 6.45) is 4.79. The lowest BCUT2D eigenvalue weighted by atomic mass is 9.98. The van der Waals surface area contributed by atoms with Crippen LogP contribution < -0.4 is 10.6 Å². The number of hydrogen-bond acceptors (Lipinski definition) is 2. The molecule has 0 spiro atoms. The van der Waals surface area contributed by atoms with E-state index in [2.05, 4.69) is 10.6 Å². The summed E-state index contributed by atoms with van der Waals surface area (Å²) in [7, 11) is 0. The molecule has 18 heavy (non-hydrogen) atoms. The average molecular weight is 253 g/mol. The van der Waals surface area contributed by atoms with Gasteiger partial charge in [-0.25, -0.2) is 4.79 Å². The predicted octanol–water partition coefficient (Wildman–Crippen LogP) is 0.971. The van der Waals surface area contributed by atoms with Crippen molar-refractivity contribution >= 4 is 11.9 Å². The van der Waals surface area contributed by atoms with Gasteiger partial charge in [-0.05, 0) is 25.7 Å². The molecule has 5 heteroatoms. The Balaban J connectivity index is 2.64. The van der Waals surface area contributed by atoms with E-state index in [1.807, 2.05) is 33.6 Å². The maximum Gasteiger partial charge on any atom is 0.315 e. The highest BCUT2D eigenvalue weighted by atomic mass is 16.2. The summed E-state index contributed by atoms with van der Waals surface area (Å²) in [5, 5.41) is 5.44. The number of carbonyl (C=O) groups is 2. The Morgan fingerprint density at radius 2 is 1.89 bits per heavy atom. The number of amides is 3. The zero-order chi connectivity index (χ0) is 13.5. The number of likely N-dealkylation sites (tertiary alicyclic amines) is 1. The van der Waals surface area contributed by atoms with Crippen molar-refractivity contribution in [3.05, 3.63) is 12.8 Å². The second-order valence-corrected chi connectivity index (χ2v) is 4.58. The molecule has 0 bridgehead atoms. The molecule has 2 radical (unpaired) electrons. The maximum atomic E-state index is 12.3. The molecule has 2 N–H and O–H groups in total. The van der Waals surface area contributed by atoms with E-state index in [0.29, 0.717) is 19.6 Å². The Labute approximate surface area is 109 Å². The molecule has 0 aromatic rings. The fraction of sp³-hybridized carbons (Fsp3) is 0.692. The van der Waals surface area contributed by atoms with Gasteiger partial charge in [0.05, 0.1) is 0 Å². The second-order valence-electron chi connectivity index (χ2n) is 4.58. The molecule has 1 rings (SSSR count). The number of urea groups is 1. The molecule has 5 nitrogen and oxygen atoms in total. The number of rotatable bonds is 5. The Morgan fingerprint density at radius 3 is 2.39 bits per heavy atom. The van der Waals surface area contributed by atoms with Crippen LogP contribution in [0.4, 0.5) is 4.79 Å². The lowest BCUT2D eigenvalue weighted by molar-refractivity contribution is -0.133. The Hall–Kier alpha value is -1.26. The van der Waals surface area contributed by atoms with Crippen LogP contribution in [0.3, 0.4) is 0 Å². The zero-order valence-corrected chi connectivity index (χ0v) is 11.4. The molecule has 0 aromatic carbocycles. The summed E-state index contributed by atoms with van der Waals surface area (Å²) in [4.78, 5) is 25.7. The summed E-state index contributed by atoms with van der Waals surface area (Å²) < 4.78 is 0. The molecule has 1 aliphatic rings. The molecule has 102 valence electrons. The van der Waals surface area contributed by atoms with Gasteiger partial charge in [-0.1, -0.05) is 20.3 Å². The summed E-state index contributed by atoms with van der Waals surface area (Å²) in [6, 6.07) is -0.718. The number of nitrogens with zero attached hydrogens (tertiary/aromatic N) is 1. The molecule has 0 aliphatic carbocycles. The maximum absolute atomic E-state index is 12.3. The van der Waals surface area contributed by atoms with E-state index >= 15 is 0 Å². The second kappa shape index (κ2) is 7.24. The van der Waals surface area contributed by atoms with Crippen LogP contribution in [0.5, 0.6) is 0 Å². The van der Waals surface area contributed by atoms with Crippen molar-refractivity contribution in [1.29, 1.82) is 0 Å². The van der Waals surface area contributed by atoms with Crippen LogP contribution in [-0.4, -0.2) is 42.5 Å². The number of carbonyl (C=O) groups excluding carboxylic acids is 2. The first-order valence-electron chi connectivity index (χ1n) is 6.58. The van der Waals surface area contributed by atoms with E-state index in [-0.39, 0.29) is 17.9 Å². The first-order chi connectivity index (χ1) is 8.60. The van der Waals surface area contributed by atoms with Gasteiger partial charge in [0, 0.05) is 19.6 Å². The van der Waals surface area contributed by atoms with Gasteiger partial charge in [0.25, 0.3) is 0 Å². The van der Waals surface area contributed by atoms with Gasteiger partial charge >= 0.3 is 6.03 Å². The molecule has 3 amide bonds. The van der Waals surface area contributed by atoms with E-state index in [0.717, 1.165) is 6.42 Å². The first-order valence-corrected chi connectivity index (χ1v) is 6.58. The van der Waals surface area contributed by atoms with Crippen LogP contribution >= 0.6 is 0 Å². The number of hydrogen-bond donors (Lipinski definition) is 2. The highest BCUT2D eigenvalue weighted by Gasteiger charge is 2.31. The quantitative estimate of drug-likeness (QED) is 0.767. The average Bonchev–Trinajstić information content (AvgIpc) is 2.88. The van der Waals surface area contributed by atoms with E-state index in [4.69, 9.17) is 0 Å². The molecular weight excluding hydrogens is 230 g/mol. The third-order valence-electron chi connectivity index (χ3n) is 3.23. The van der Waals surface area contributed by atoms with Crippen molar-refractivity contribution in [1.82, 2.24) is 15.5 Å². The van der Waals surface area contributed by atoms with Crippen molar-refractivity contribution in [2.75, 3.05) is 19.6 Å². The minimum absolute atomic E-state index is 0.000558. The van der Waals surface area contributed by atoms with Crippen LogP contribution in [0.15, 0.2) is 0 Å². The Bertz CT molecular complexity index is 288. The van der Waals surface area contributed by atoms with Crippen LogP contribution in [-0.2, 0) is 4.79 Å². The van der Waals surface area contributed by atoms with Crippen LogP contribution in [0, 0.1) is 18.8 Å². The van der Waals surface area contributed by atoms with Crippen LogP contribution in [0.1, 0.15) is 27.2 Å². The minimum Gasteiger partial charge on any atom is -0.340 e. The summed E-state index contributed by atoms with van der Waals surface area (Å²) in [5.41, 5.74) is 0. The van der Waals surface area contributed by atoms with Gasteiger partial charge in [0.1, 0.15) is 6.04 Å². The Morgan fingerprint density at radius 1 is 1.28 bits per heavy atom. The standard InChI is InChI=1S/C13H23N3O2/c1-4-10(3)11(15-13(18)14-5-2)12(17)16-8-6-7-9-16/h6-7,10-11H,4-5,8-9H2,1-3H3,(H2,14,15,18)/t10?,11-/m0/s1. The van der Waals surface area contributed by atoms with Crippen LogP contribution in [0.2, 0.25) is 0 Å². The van der Waals surface area contributed by atoms with Crippen molar-refractivity contribution in [3.63, 3.8) is 0 Å². The lowest BCUT2D eigenvalue weighted by Gasteiger charge is -2.27. The van der Waals surface area contributed by atoms with Gasteiger partial charge < -0.3 is 15.5 Å². The van der Waals surface area contributed by atoms with Gasteiger partial charge in [0.2, 0.25) is 5.91 Å². The largest absolute Gasteiger partial charge is 0.340 e.